The predicted octanol–water partition coefficient (Wildman–Crippen LogP) is -0.116. The average molecular weight is 250 g/mol. The highest BCUT2D eigenvalue weighted by molar-refractivity contribution is 8.04. The van der Waals surface area contributed by atoms with Gasteiger partial charge in [-0.2, -0.15) is 0 Å². The van der Waals surface area contributed by atoms with E-state index in [-0.39, 0.29) is 5.75 Å². The highest BCUT2D eigenvalue weighted by Gasteiger charge is 2.15. The first kappa shape index (κ1) is 13.2. The Morgan fingerprint density at radius 1 is 1.15 bits per heavy atom. The summed E-state index contributed by atoms with van der Waals surface area (Å²) >= 11 is 5.33. The van der Waals surface area contributed by atoms with Gasteiger partial charge in [-0.3, -0.25) is 0 Å². The molecule has 0 rings (SSSR count). The van der Waals surface area contributed by atoms with E-state index in [4.69, 9.17) is 11.6 Å². The molecule has 0 fully saturated rings. The van der Waals surface area contributed by atoms with Crippen LogP contribution in [0.1, 0.15) is 12.8 Å². The molecule has 0 heterocycles. The summed E-state index contributed by atoms with van der Waals surface area (Å²) in [4.78, 5) is 0. The van der Waals surface area contributed by atoms with Crippen LogP contribution in [-0.4, -0.2) is 34.7 Å². The lowest BCUT2D eigenvalue weighted by Crippen LogP contribution is -2.31. The van der Waals surface area contributed by atoms with Crippen LogP contribution < -0.4 is 4.13 Å². The first-order valence-electron chi connectivity index (χ1n) is 3.54. The van der Waals surface area contributed by atoms with Gasteiger partial charge in [0.2, 0.25) is 20.0 Å². The molecule has 0 spiro atoms. The Kier molecular flexibility index (Phi) is 5.19. The molecule has 1 N–H and O–H groups in total. The molecule has 8 heteroatoms. The Labute approximate surface area is 83.6 Å². The van der Waals surface area contributed by atoms with Crippen molar-refractivity contribution in [1.29, 1.82) is 0 Å². The van der Waals surface area contributed by atoms with Crippen LogP contribution in [0.5, 0.6) is 0 Å². The molecule has 0 aliphatic rings. The lowest BCUT2D eigenvalue weighted by atomic mass is 10.4. The number of hydrogen-bond acceptors (Lipinski definition) is 4. The Hall–Kier alpha value is 0.150. The van der Waals surface area contributed by atoms with E-state index in [1.165, 1.54) is 0 Å². The van der Waals surface area contributed by atoms with Crippen LogP contribution in [0, 0.1) is 0 Å². The van der Waals surface area contributed by atoms with Crippen LogP contribution in [0.15, 0.2) is 0 Å². The molecular weight excluding hydrogens is 238 g/mol. The summed E-state index contributed by atoms with van der Waals surface area (Å²) in [5, 5.41) is 0. The van der Waals surface area contributed by atoms with Crippen molar-refractivity contribution in [3.05, 3.63) is 0 Å². The van der Waals surface area contributed by atoms with E-state index in [9.17, 15) is 16.8 Å². The van der Waals surface area contributed by atoms with E-state index in [1.807, 2.05) is 0 Å². The molecule has 0 bridgehead atoms. The van der Waals surface area contributed by atoms with Gasteiger partial charge in [-0.25, -0.2) is 16.8 Å². The van der Waals surface area contributed by atoms with Gasteiger partial charge in [0.25, 0.3) is 0 Å². The fourth-order valence-corrected chi connectivity index (χ4v) is 3.61. The van der Waals surface area contributed by atoms with Crippen molar-refractivity contribution in [3.8, 4) is 0 Å². The molecule has 0 atom stereocenters. The summed E-state index contributed by atoms with van der Waals surface area (Å²) in [6.07, 6.45) is 1.70. The van der Waals surface area contributed by atoms with Gasteiger partial charge in [-0.05, 0) is 12.8 Å². The van der Waals surface area contributed by atoms with Crippen molar-refractivity contribution in [2.75, 3.05) is 17.9 Å². The molecule has 80 valence electrons. The second-order valence-corrected chi connectivity index (χ2v) is 6.80. The molecular formula is C5H12ClNO4S2. The quantitative estimate of drug-likeness (QED) is 0.526. The number of halogens is 1. The minimum Gasteiger partial charge on any atom is -0.212 e. The first-order valence-corrected chi connectivity index (χ1v) is 7.62. The van der Waals surface area contributed by atoms with Crippen molar-refractivity contribution >= 4 is 31.6 Å². The van der Waals surface area contributed by atoms with Crippen molar-refractivity contribution in [2.24, 2.45) is 0 Å². The second-order valence-electron chi connectivity index (χ2n) is 2.57. The normalized spacial score (nSPS) is 13.1. The van der Waals surface area contributed by atoms with Crippen LogP contribution >= 0.6 is 11.6 Å². The monoisotopic (exact) mass is 249 g/mol. The van der Waals surface area contributed by atoms with Gasteiger partial charge in [0.15, 0.2) is 0 Å². The highest BCUT2D eigenvalue weighted by atomic mass is 35.5. The standard InChI is InChI=1S/C5H12ClNO4S2/c1-12(8,9)7-13(10,11)5-3-2-4-6/h7H,2-5H2,1H3. The fraction of sp³-hybridized carbons (Fsp3) is 1.00. The zero-order valence-corrected chi connectivity index (χ0v) is 9.54. The van der Waals surface area contributed by atoms with Crippen LogP contribution in [0.25, 0.3) is 0 Å². The number of rotatable bonds is 6. The van der Waals surface area contributed by atoms with Gasteiger partial charge >= 0.3 is 0 Å². The first-order chi connectivity index (χ1) is 5.77. The van der Waals surface area contributed by atoms with E-state index >= 15 is 0 Å². The fourth-order valence-electron chi connectivity index (χ4n) is 0.659. The zero-order chi connectivity index (χ0) is 10.5. The van der Waals surface area contributed by atoms with Crippen molar-refractivity contribution in [2.45, 2.75) is 12.8 Å². The van der Waals surface area contributed by atoms with E-state index in [0.717, 1.165) is 6.26 Å². The van der Waals surface area contributed by atoms with Crippen molar-refractivity contribution in [3.63, 3.8) is 0 Å². The van der Waals surface area contributed by atoms with Crippen LogP contribution in [-0.2, 0) is 20.0 Å². The summed E-state index contributed by atoms with van der Waals surface area (Å²) in [5.41, 5.74) is 0. The minimum atomic E-state index is -3.71. The highest BCUT2D eigenvalue weighted by Crippen LogP contribution is 1.97. The largest absolute Gasteiger partial charge is 0.224 e. The van der Waals surface area contributed by atoms with Gasteiger partial charge < -0.3 is 0 Å². The van der Waals surface area contributed by atoms with Gasteiger partial charge in [0.1, 0.15) is 0 Å². The molecule has 0 radical (unpaired) electrons. The van der Waals surface area contributed by atoms with E-state index < -0.39 is 20.0 Å². The Bertz CT molecular complexity index is 334. The third kappa shape index (κ3) is 8.48. The zero-order valence-electron chi connectivity index (χ0n) is 7.16. The number of unbranched alkanes of at least 4 members (excludes halogenated alkanes) is 1. The molecule has 13 heavy (non-hydrogen) atoms. The lowest BCUT2D eigenvalue weighted by Gasteiger charge is -2.02. The van der Waals surface area contributed by atoms with Gasteiger partial charge in [-0.1, -0.05) is 0 Å². The number of alkyl halides is 1. The lowest BCUT2D eigenvalue weighted by molar-refractivity contribution is 0.578. The third-order valence-electron chi connectivity index (χ3n) is 1.08. The number of hydrogen-bond donors (Lipinski definition) is 1. The average Bonchev–Trinajstić information content (AvgIpc) is 1.81. The Morgan fingerprint density at radius 2 is 1.69 bits per heavy atom. The van der Waals surface area contributed by atoms with Gasteiger partial charge in [-0.15, -0.1) is 15.7 Å². The molecule has 0 amide bonds. The molecule has 0 aromatic heterocycles. The number of nitrogens with one attached hydrogen (secondary N) is 1. The molecule has 0 aliphatic carbocycles. The molecule has 0 saturated carbocycles. The van der Waals surface area contributed by atoms with Crippen LogP contribution in [0.4, 0.5) is 0 Å². The van der Waals surface area contributed by atoms with E-state index in [0.29, 0.717) is 18.7 Å². The topological polar surface area (TPSA) is 80.3 Å². The minimum absolute atomic E-state index is 0.215. The second kappa shape index (κ2) is 5.14. The van der Waals surface area contributed by atoms with E-state index in [1.54, 1.807) is 4.13 Å². The molecule has 0 aliphatic heterocycles. The Morgan fingerprint density at radius 3 is 2.08 bits per heavy atom. The van der Waals surface area contributed by atoms with Crippen LogP contribution in [0.3, 0.4) is 0 Å². The number of sulfonamides is 2. The summed E-state index contributed by atoms with van der Waals surface area (Å²) in [6.45, 7) is 0. The summed E-state index contributed by atoms with van der Waals surface area (Å²) in [6, 6.07) is 0. The molecule has 5 nitrogen and oxygen atoms in total. The molecule has 0 saturated heterocycles. The van der Waals surface area contributed by atoms with E-state index in [2.05, 4.69) is 0 Å². The molecule has 0 aromatic rings. The van der Waals surface area contributed by atoms with Crippen molar-refractivity contribution < 1.29 is 16.8 Å². The summed E-state index contributed by atoms with van der Waals surface area (Å²) < 4.78 is 44.7. The van der Waals surface area contributed by atoms with Gasteiger partial charge in [0, 0.05) is 5.88 Å². The third-order valence-corrected chi connectivity index (χ3v) is 4.40. The SMILES string of the molecule is CS(=O)(=O)NS(=O)(=O)CCCCCl. The van der Waals surface area contributed by atoms with Crippen molar-refractivity contribution in [1.82, 2.24) is 4.13 Å². The smallest absolute Gasteiger partial charge is 0.212 e. The Balaban J connectivity index is 4.12. The molecule has 0 unspecified atom stereocenters. The molecule has 0 aromatic carbocycles. The summed E-state index contributed by atoms with van der Waals surface area (Å²) in [5.74, 6) is 0.154. The maximum Gasteiger partial charge on any atom is 0.224 e. The maximum atomic E-state index is 11.0. The maximum absolute atomic E-state index is 11.0. The summed E-state index contributed by atoms with van der Waals surface area (Å²) in [7, 11) is -7.40. The van der Waals surface area contributed by atoms with Crippen LogP contribution in [0.2, 0.25) is 0 Å². The van der Waals surface area contributed by atoms with Gasteiger partial charge in [0.05, 0.1) is 12.0 Å². The predicted molar refractivity (Wildman–Crippen MR) is 51.7 cm³/mol.